The number of aliphatic hydroxyl groups is 2. The van der Waals surface area contributed by atoms with Crippen molar-refractivity contribution < 1.29 is 19.7 Å². The minimum Gasteiger partial charge on any atom is -0.464 e. The number of carbonyl (C=O) groups is 1. The van der Waals surface area contributed by atoms with Gasteiger partial charge in [-0.15, -0.1) is 0 Å². The molecule has 0 radical (unpaired) electrons. The molecule has 0 bridgehead atoms. The number of nitrogens with two attached hydrogens (primary N) is 1. The van der Waals surface area contributed by atoms with Crippen LogP contribution in [0.1, 0.15) is 18.7 Å². The van der Waals surface area contributed by atoms with Crippen LogP contribution in [0.3, 0.4) is 0 Å². The summed E-state index contributed by atoms with van der Waals surface area (Å²) >= 11 is 5.64. The van der Waals surface area contributed by atoms with Crippen LogP contribution in [0.15, 0.2) is 12.3 Å². The summed E-state index contributed by atoms with van der Waals surface area (Å²) in [5, 5.41) is 19.5. The van der Waals surface area contributed by atoms with Gasteiger partial charge in [-0.1, -0.05) is 11.6 Å². The van der Waals surface area contributed by atoms with Crippen molar-refractivity contribution >= 4 is 23.3 Å². The number of hydrogen-bond acceptors (Lipinski definition) is 6. The number of anilines is 1. The first kappa shape index (κ1) is 13.7. The summed E-state index contributed by atoms with van der Waals surface area (Å²) < 4.78 is 4.57. The maximum absolute atomic E-state index is 11.2. The number of nitrogen functional groups attached to an aromatic ring is 1. The SMILES string of the molecule is CCOC(=O)C(O)C(O)c1ncc(Cl)cc1N. The van der Waals surface area contributed by atoms with Gasteiger partial charge in [0.05, 0.1) is 23.0 Å². The standard InChI is InChI=1S/C10H13ClN2O4/c1-2-17-10(16)9(15)8(14)7-6(12)3-5(11)4-13-7/h3-4,8-9,14-15H,2,12H2,1H3. The Morgan fingerprint density at radius 3 is 2.82 bits per heavy atom. The highest BCUT2D eigenvalue weighted by atomic mass is 35.5. The molecule has 0 aliphatic rings. The Labute approximate surface area is 103 Å². The zero-order valence-electron chi connectivity index (χ0n) is 9.13. The van der Waals surface area contributed by atoms with E-state index >= 15 is 0 Å². The number of hydrogen-bond donors (Lipinski definition) is 3. The van der Waals surface area contributed by atoms with Gasteiger partial charge in [0.15, 0.2) is 6.10 Å². The van der Waals surface area contributed by atoms with E-state index in [2.05, 4.69) is 9.72 Å². The van der Waals surface area contributed by atoms with E-state index in [1.54, 1.807) is 6.92 Å². The van der Waals surface area contributed by atoms with Crippen molar-refractivity contribution in [2.45, 2.75) is 19.1 Å². The molecule has 1 aromatic heterocycles. The lowest BCUT2D eigenvalue weighted by molar-refractivity contribution is -0.159. The maximum atomic E-state index is 11.2. The highest BCUT2D eigenvalue weighted by molar-refractivity contribution is 6.30. The van der Waals surface area contributed by atoms with Crippen molar-refractivity contribution in [1.82, 2.24) is 4.98 Å². The third-order valence-electron chi connectivity index (χ3n) is 2.02. The number of esters is 1. The predicted octanol–water partition coefficient (Wildman–Crippen LogP) is 0.275. The maximum Gasteiger partial charge on any atom is 0.338 e. The zero-order chi connectivity index (χ0) is 13.0. The van der Waals surface area contributed by atoms with Crippen molar-refractivity contribution in [3.05, 3.63) is 23.0 Å². The van der Waals surface area contributed by atoms with Crippen LogP contribution in [0.2, 0.25) is 5.02 Å². The summed E-state index contributed by atoms with van der Waals surface area (Å²) in [4.78, 5) is 15.0. The van der Waals surface area contributed by atoms with Gasteiger partial charge in [0.2, 0.25) is 0 Å². The molecule has 0 saturated carbocycles. The lowest BCUT2D eigenvalue weighted by Crippen LogP contribution is -2.30. The van der Waals surface area contributed by atoms with Crippen LogP contribution in [-0.2, 0) is 9.53 Å². The molecule has 0 aromatic carbocycles. The molecule has 94 valence electrons. The second kappa shape index (κ2) is 5.81. The molecular formula is C10H13ClN2O4. The molecule has 0 spiro atoms. The van der Waals surface area contributed by atoms with E-state index in [1.165, 1.54) is 12.3 Å². The second-order valence-corrected chi connectivity index (χ2v) is 3.71. The fourth-order valence-corrected chi connectivity index (χ4v) is 1.39. The smallest absolute Gasteiger partial charge is 0.338 e. The van der Waals surface area contributed by atoms with Crippen LogP contribution in [-0.4, -0.2) is 33.9 Å². The predicted molar refractivity (Wildman–Crippen MR) is 61.3 cm³/mol. The Kier molecular flexibility index (Phi) is 4.68. The van der Waals surface area contributed by atoms with Gasteiger partial charge in [-0.3, -0.25) is 4.98 Å². The molecular weight excluding hydrogens is 248 g/mol. The molecule has 1 aromatic rings. The van der Waals surface area contributed by atoms with E-state index in [0.29, 0.717) is 5.02 Å². The van der Waals surface area contributed by atoms with Gasteiger partial charge in [-0.25, -0.2) is 4.79 Å². The van der Waals surface area contributed by atoms with Gasteiger partial charge in [-0.05, 0) is 13.0 Å². The van der Waals surface area contributed by atoms with Crippen molar-refractivity contribution in [2.24, 2.45) is 0 Å². The lowest BCUT2D eigenvalue weighted by Gasteiger charge is -2.17. The normalized spacial score (nSPS) is 14.1. The van der Waals surface area contributed by atoms with E-state index < -0.39 is 18.2 Å². The minimum atomic E-state index is -1.73. The van der Waals surface area contributed by atoms with Gasteiger partial charge in [0, 0.05) is 6.20 Å². The van der Waals surface area contributed by atoms with Crippen molar-refractivity contribution in [1.29, 1.82) is 0 Å². The van der Waals surface area contributed by atoms with Crippen molar-refractivity contribution in [3.63, 3.8) is 0 Å². The summed E-state index contributed by atoms with van der Waals surface area (Å²) in [5.74, 6) is -0.934. The van der Waals surface area contributed by atoms with E-state index in [-0.39, 0.29) is 18.0 Å². The monoisotopic (exact) mass is 260 g/mol. The van der Waals surface area contributed by atoms with Gasteiger partial charge in [0.25, 0.3) is 0 Å². The topological polar surface area (TPSA) is 106 Å². The Bertz CT molecular complexity index is 413. The Balaban J connectivity index is 2.88. The molecule has 0 amide bonds. The van der Waals surface area contributed by atoms with Crippen LogP contribution in [0.25, 0.3) is 0 Å². The lowest BCUT2D eigenvalue weighted by atomic mass is 10.1. The van der Waals surface area contributed by atoms with Gasteiger partial charge < -0.3 is 20.7 Å². The number of rotatable bonds is 4. The zero-order valence-corrected chi connectivity index (χ0v) is 9.89. The Morgan fingerprint density at radius 1 is 1.65 bits per heavy atom. The number of ether oxygens (including phenoxy) is 1. The highest BCUT2D eigenvalue weighted by Crippen LogP contribution is 2.23. The molecule has 1 rings (SSSR count). The third kappa shape index (κ3) is 3.29. The molecule has 6 nitrogen and oxygen atoms in total. The van der Waals surface area contributed by atoms with Crippen molar-refractivity contribution in [3.8, 4) is 0 Å². The number of pyridine rings is 1. The molecule has 2 unspecified atom stereocenters. The van der Waals surface area contributed by atoms with E-state index in [0.717, 1.165) is 0 Å². The van der Waals surface area contributed by atoms with Crippen LogP contribution >= 0.6 is 11.6 Å². The summed E-state index contributed by atoms with van der Waals surface area (Å²) in [5.41, 5.74) is 5.64. The second-order valence-electron chi connectivity index (χ2n) is 3.27. The fraction of sp³-hybridized carbons (Fsp3) is 0.400. The van der Waals surface area contributed by atoms with Gasteiger partial charge in [0.1, 0.15) is 6.10 Å². The summed E-state index contributed by atoms with van der Waals surface area (Å²) in [7, 11) is 0. The first-order valence-corrected chi connectivity index (χ1v) is 5.28. The van der Waals surface area contributed by atoms with Crippen LogP contribution in [0.4, 0.5) is 5.69 Å². The van der Waals surface area contributed by atoms with E-state index in [1.807, 2.05) is 0 Å². The molecule has 0 aliphatic heterocycles. The van der Waals surface area contributed by atoms with Crippen LogP contribution in [0, 0.1) is 0 Å². The Morgan fingerprint density at radius 2 is 2.29 bits per heavy atom. The Hall–Kier alpha value is -1.37. The number of aromatic nitrogens is 1. The molecule has 4 N–H and O–H groups in total. The quantitative estimate of drug-likeness (QED) is 0.671. The van der Waals surface area contributed by atoms with Gasteiger partial charge >= 0.3 is 5.97 Å². The summed E-state index contributed by atoms with van der Waals surface area (Å²) in [6.07, 6.45) is -2.02. The van der Waals surface area contributed by atoms with Gasteiger partial charge in [-0.2, -0.15) is 0 Å². The highest BCUT2D eigenvalue weighted by Gasteiger charge is 2.29. The van der Waals surface area contributed by atoms with Crippen molar-refractivity contribution in [2.75, 3.05) is 12.3 Å². The number of nitrogens with zero attached hydrogens (tertiary/aromatic N) is 1. The molecule has 0 fully saturated rings. The molecule has 0 aliphatic carbocycles. The van der Waals surface area contributed by atoms with Crippen LogP contribution < -0.4 is 5.73 Å². The number of carbonyl (C=O) groups excluding carboxylic acids is 1. The van der Waals surface area contributed by atoms with E-state index in [4.69, 9.17) is 17.3 Å². The molecule has 7 heteroatoms. The number of halogens is 1. The fourth-order valence-electron chi connectivity index (χ4n) is 1.22. The largest absolute Gasteiger partial charge is 0.464 e. The van der Waals surface area contributed by atoms with E-state index in [9.17, 15) is 15.0 Å². The summed E-state index contributed by atoms with van der Waals surface area (Å²) in [6.45, 7) is 1.69. The number of aliphatic hydroxyl groups excluding tert-OH is 2. The average Bonchev–Trinajstić information content (AvgIpc) is 2.27. The third-order valence-corrected chi connectivity index (χ3v) is 2.23. The molecule has 17 heavy (non-hydrogen) atoms. The summed E-state index contributed by atoms with van der Waals surface area (Å²) in [6, 6.07) is 1.37. The first-order chi connectivity index (χ1) is 7.97. The average molecular weight is 261 g/mol. The van der Waals surface area contributed by atoms with Crippen LogP contribution in [0.5, 0.6) is 0 Å². The molecule has 1 heterocycles. The molecule has 0 saturated heterocycles. The first-order valence-electron chi connectivity index (χ1n) is 4.91. The molecule has 2 atom stereocenters. The minimum absolute atomic E-state index is 0.0186.